The lowest BCUT2D eigenvalue weighted by atomic mass is 10.1. The number of aromatic amines is 1. The van der Waals surface area contributed by atoms with E-state index in [1.54, 1.807) is 0 Å². The number of benzene rings is 1. The van der Waals surface area contributed by atoms with Gasteiger partial charge in [0.05, 0.1) is 11.8 Å². The number of aryl methyl sites for hydroxylation is 1. The molecule has 0 radical (unpaired) electrons. The van der Waals surface area contributed by atoms with Crippen LogP contribution in [0, 0.1) is 6.92 Å². The zero-order chi connectivity index (χ0) is 13.1. The van der Waals surface area contributed by atoms with Crippen LogP contribution < -0.4 is 10.4 Å². The van der Waals surface area contributed by atoms with Crippen LogP contribution in [-0.2, 0) is 0 Å². The standard InChI is InChI=1S/C14H16N2O2/c1-9(2)18-12-6-4-5-11(8-12)13-7-10(3)15-14(17)16-13/h4-9H,1-3H3,(H,15,16,17). The fourth-order valence-electron chi connectivity index (χ4n) is 1.73. The highest BCUT2D eigenvalue weighted by Gasteiger charge is 2.04. The quantitative estimate of drug-likeness (QED) is 0.902. The summed E-state index contributed by atoms with van der Waals surface area (Å²) in [5.74, 6) is 0.780. The van der Waals surface area contributed by atoms with Gasteiger partial charge in [-0.3, -0.25) is 0 Å². The van der Waals surface area contributed by atoms with Gasteiger partial charge in [-0.15, -0.1) is 0 Å². The molecular formula is C14H16N2O2. The number of nitrogens with one attached hydrogen (secondary N) is 1. The van der Waals surface area contributed by atoms with Gasteiger partial charge in [-0.1, -0.05) is 12.1 Å². The van der Waals surface area contributed by atoms with Crippen molar-refractivity contribution in [1.82, 2.24) is 9.97 Å². The molecule has 0 saturated heterocycles. The van der Waals surface area contributed by atoms with E-state index in [2.05, 4.69) is 9.97 Å². The molecule has 0 saturated carbocycles. The molecule has 0 aliphatic carbocycles. The van der Waals surface area contributed by atoms with Crippen LogP contribution in [0.5, 0.6) is 5.75 Å². The first-order chi connectivity index (χ1) is 8.54. The number of nitrogens with zero attached hydrogens (tertiary/aromatic N) is 1. The molecule has 0 aliphatic rings. The van der Waals surface area contributed by atoms with E-state index >= 15 is 0 Å². The first-order valence-corrected chi connectivity index (χ1v) is 5.89. The summed E-state index contributed by atoms with van der Waals surface area (Å²) in [7, 11) is 0. The third-order valence-corrected chi connectivity index (χ3v) is 2.38. The van der Waals surface area contributed by atoms with Crippen molar-refractivity contribution in [2.45, 2.75) is 26.9 Å². The smallest absolute Gasteiger partial charge is 0.345 e. The van der Waals surface area contributed by atoms with Crippen LogP contribution in [0.25, 0.3) is 11.3 Å². The molecule has 1 N–H and O–H groups in total. The second-order valence-corrected chi connectivity index (χ2v) is 4.45. The minimum atomic E-state index is -0.333. The highest BCUT2D eigenvalue weighted by atomic mass is 16.5. The molecule has 1 aromatic heterocycles. The molecular weight excluding hydrogens is 228 g/mol. The van der Waals surface area contributed by atoms with Crippen LogP contribution in [0.15, 0.2) is 35.1 Å². The summed E-state index contributed by atoms with van der Waals surface area (Å²) in [6, 6.07) is 9.43. The molecule has 0 amide bonds. The average Bonchev–Trinajstić information content (AvgIpc) is 2.27. The van der Waals surface area contributed by atoms with Crippen molar-refractivity contribution in [3.8, 4) is 17.0 Å². The monoisotopic (exact) mass is 244 g/mol. The Morgan fingerprint density at radius 1 is 1.28 bits per heavy atom. The topological polar surface area (TPSA) is 55.0 Å². The Labute approximate surface area is 106 Å². The van der Waals surface area contributed by atoms with Gasteiger partial charge in [0.1, 0.15) is 5.75 Å². The van der Waals surface area contributed by atoms with E-state index in [0.29, 0.717) is 5.69 Å². The molecule has 1 heterocycles. The SMILES string of the molecule is Cc1cc(-c2cccc(OC(C)C)c2)nc(=O)[nH]1. The van der Waals surface area contributed by atoms with Gasteiger partial charge in [-0.2, -0.15) is 4.98 Å². The Morgan fingerprint density at radius 2 is 2.06 bits per heavy atom. The zero-order valence-electron chi connectivity index (χ0n) is 10.7. The fourth-order valence-corrected chi connectivity index (χ4v) is 1.73. The number of rotatable bonds is 3. The number of hydrogen-bond donors (Lipinski definition) is 1. The molecule has 18 heavy (non-hydrogen) atoms. The van der Waals surface area contributed by atoms with Gasteiger partial charge in [-0.25, -0.2) is 4.79 Å². The van der Waals surface area contributed by atoms with Crippen LogP contribution >= 0.6 is 0 Å². The minimum absolute atomic E-state index is 0.120. The first kappa shape index (κ1) is 12.4. The molecule has 0 bridgehead atoms. The number of aromatic nitrogens is 2. The van der Waals surface area contributed by atoms with Gasteiger partial charge >= 0.3 is 5.69 Å². The summed E-state index contributed by atoms with van der Waals surface area (Å²) in [5, 5.41) is 0. The zero-order valence-corrected chi connectivity index (χ0v) is 10.7. The summed E-state index contributed by atoms with van der Waals surface area (Å²) in [4.78, 5) is 17.9. The van der Waals surface area contributed by atoms with Crippen LogP contribution in [-0.4, -0.2) is 16.1 Å². The van der Waals surface area contributed by atoms with Crippen molar-refractivity contribution in [2.24, 2.45) is 0 Å². The van der Waals surface area contributed by atoms with E-state index in [1.807, 2.05) is 51.1 Å². The molecule has 0 spiro atoms. The van der Waals surface area contributed by atoms with Crippen LogP contribution in [0.2, 0.25) is 0 Å². The van der Waals surface area contributed by atoms with E-state index in [1.165, 1.54) is 0 Å². The number of ether oxygens (including phenoxy) is 1. The van der Waals surface area contributed by atoms with E-state index in [9.17, 15) is 4.79 Å². The van der Waals surface area contributed by atoms with Crippen LogP contribution in [0.4, 0.5) is 0 Å². The van der Waals surface area contributed by atoms with Crippen molar-refractivity contribution in [3.63, 3.8) is 0 Å². The fraction of sp³-hybridized carbons (Fsp3) is 0.286. The van der Waals surface area contributed by atoms with Gasteiger partial charge in [-0.05, 0) is 39.0 Å². The molecule has 0 fully saturated rings. The third kappa shape index (κ3) is 2.97. The maximum atomic E-state index is 11.3. The largest absolute Gasteiger partial charge is 0.491 e. The maximum Gasteiger partial charge on any atom is 0.345 e. The van der Waals surface area contributed by atoms with Gasteiger partial charge in [0.2, 0.25) is 0 Å². The summed E-state index contributed by atoms with van der Waals surface area (Å²) in [6.45, 7) is 5.78. The summed E-state index contributed by atoms with van der Waals surface area (Å²) in [6.07, 6.45) is 0.120. The second kappa shape index (κ2) is 5.04. The Bertz CT molecular complexity index is 603. The summed E-state index contributed by atoms with van der Waals surface area (Å²) >= 11 is 0. The molecule has 4 nitrogen and oxygen atoms in total. The predicted molar refractivity (Wildman–Crippen MR) is 70.8 cm³/mol. The predicted octanol–water partition coefficient (Wildman–Crippen LogP) is 2.53. The Kier molecular flexibility index (Phi) is 3.46. The normalized spacial score (nSPS) is 10.7. The van der Waals surface area contributed by atoms with Crippen LogP contribution in [0.3, 0.4) is 0 Å². The molecule has 94 valence electrons. The third-order valence-electron chi connectivity index (χ3n) is 2.38. The van der Waals surface area contributed by atoms with E-state index in [0.717, 1.165) is 17.0 Å². The average molecular weight is 244 g/mol. The van der Waals surface area contributed by atoms with Crippen molar-refractivity contribution in [2.75, 3.05) is 0 Å². The van der Waals surface area contributed by atoms with Gasteiger partial charge < -0.3 is 9.72 Å². The Morgan fingerprint density at radius 3 is 2.72 bits per heavy atom. The van der Waals surface area contributed by atoms with E-state index in [4.69, 9.17) is 4.74 Å². The van der Waals surface area contributed by atoms with Crippen molar-refractivity contribution >= 4 is 0 Å². The number of H-pyrrole nitrogens is 1. The van der Waals surface area contributed by atoms with Crippen molar-refractivity contribution in [3.05, 3.63) is 46.5 Å². The molecule has 0 atom stereocenters. The second-order valence-electron chi connectivity index (χ2n) is 4.45. The Balaban J connectivity index is 2.41. The van der Waals surface area contributed by atoms with Crippen molar-refractivity contribution in [1.29, 1.82) is 0 Å². The van der Waals surface area contributed by atoms with E-state index in [-0.39, 0.29) is 11.8 Å². The molecule has 1 aromatic carbocycles. The first-order valence-electron chi connectivity index (χ1n) is 5.89. The van der Waals surface area contributed by atoms with Gasteiger partial charge in [0.25, 0.3) is 0 Å². The van der Waals surface area contributed by atoms with Gasteiger partial charge in [0.15, 0.2) is 0 Å². The molecule has 4 heteroatoms. The maximum absolute atomic E-state index is 11.3. The molecule has 0 unspecified atom stereocenters. The minimum Gasteiger partial charge on any atom is -0.491 e. The molecule has 2 aromatic rings. The van der Waals surface area contributed by atoms with Gasteiger partial charge in [0, 0.05) is 11.3 Å². The van der Waals surface area contributed by atoms with Crippen molar-refractivity contribution < 1.29 is 4.74 Å². The lowest BCUT2D eigenvalue weighted by Crippen LogP contribution is -2.12. The highest BCUT2D eigenvalue weighted by molar-refractivity contribution is 5.61. The number of hydrogen-bond acceptors (Lipinski definition) is 3. The summed E-state index contributed by atoms with van der Waals surface area (Å²) < 4.78 is 5.62. The van der Waals surface area contributed by atoms with E-state index < -0.39 is 0 Å². The highest BCUT2D eigenvalue weighted by Crippen LogP contribution is 2.22. The Hall–Kier alpha value is -2.10. The lowest BCUT2D eigenvalue weighted by molar-refractivity contribution is 0.242. The summed E-state index contributed by atoms with van der Waals surface area (Å²) in [5.41, 5.74) is 1.99. The lowest BCUT2D eigenvalue weighted by Gasteiger charge is -2.10. The van der Waals surface area contributed by atoms with Crippen LogP contribution in [0.1, 0.15) is 19.5 Å². The molecule has 2 rings (SSSR count). The molecule has 0 aliphatic heterocycles.